The number of hydrogen-bond acceptors (Lipinski definition) is 6. The Balaban J connectivity index is 1.50. The van der Waals surface area contributed by atoms with Gasteiger partial charge in [-0.25, -0.2) is 4.79 Å². The van der Waals surface area contributed by atoms with Gasteiger partial charge in [0.2, 0.25) is 5.91 Å². The highest BCUT2D eigenvalue weighted by Crippen LogP contribution is 2.34. The summed E-state index contributed by atoms with van der Waals surface area (Å²) < 4.78 is 17.2. The van der Waals surface area contributed by atoms with Crippen LogP contribution < -0.4 is 10.6 Å². The lowest BCUT2D eigenvalue weighted by atomic mass is 9.85. The summed E-state index contributed by atoms with van der Waals surface area (Å²) in [6, 6.07) is -0.0875. The van der Waals surface area contributed by atoms with Crippen molar-refractivity contribution in [3.05, 3.63) is 12.2 Å². The molecule has 2 fully saturated rings. The number of urea groups is 1. The molecular weight excluding hydrogens is 558 g/mol. The topological polar surface area (TPSA) is 106 Å². The van der Waals surface area contributed by atoms with Gasteiger partial charge in [-0.3, -0.25) is 9.59 Å². The number of amides is 3. The number of likely N-dealkylation sites (tertiary alicyclic amines) is 1. The fraction of sp³-hybridized carbons (Fsp3) is 0.857. The minimum Gasteiger partial charge on any atom is -0.460 e. The van der Waals surface area contributed by atoms with Gasteiger partial charge in [-0.1, -0.05) is 84.3 Å². The van der Waals surface area contributed by atoms with Crippen molar-refractivity contribution in [2.45, 2.75) is 155 Å². The van der Waals surface area contributed by atoms with E-state index < -0.39 is 17.3 Å². The Bertz CT molecular complexity index is 875. The maximum atomic E-state index is 12.7. The Morgan fingerprint density at radius 1 is 0.864 bits per heavy atom. The van der Waals surface area contributed by atoms with Gasteiger partial charge in [0.15, 0.2) is 5.79 Å². The first-order valence-corrected chi connectivity index (χ1v) is 17.5. The van der Waals surface area contributed by atoms with E-state index in [0.29, 0.717) is 26.2 Å². The molecule has 0 aliphatic carbocycles. The van der Waals surface area contributed by atoms with E-state index in [1.54, 1.807) is 18.7 Å². The molecule has 2 heterocycles. The zero-order chi connectivity index (χ0) is 32.3. The summed E-state index contributed by atoms with van der Waals surface area (Å²) in [5.41, 5.74) is -0.476. The fourth-order valence-corrected chi connectivity index (χ4v) is 5.67. The molecule has 2 unspecified atom stereocenters. The van der Waals surface area contributed by atoms with Crippen LogP contribution in [0.4, 0.5) is 4.79 Å². The number of nitrogens with zero attached hydrogens (tertiary/aromatic N) is 1. The smallest absolute Gasteiger partial charge is 0.317 e. The molecular formula is C35H63N3O6. The molecule has 44 heavy (non-hydrogen) atoms. The quantitative estimate of drug-likeness (QED) is 0.0859. The molecule has 2 aliphatic rings. The minimum absolute atomic E-state index is 0.0664. The van der Waals surface area contributed by atoms with Gasteiger partial charge in [0, 0.05) is 25.0 Å². The third-order valence-corrected chi connectivity index (χ3v) is 8.45. The van der Waals surface area contributed by atoms with E-state index in [1.807, 2.05) is 13.8 Å². The van der Waals surface area contributed by atoms with Crippen molar-refractivity contribution in [3.63, 3.8) is 0 Å². The molecule has 0 aromatic carbocycles. The highest BCUT2D eigenvalue weighted by Gasteiger charge is 2.45. The van der Waals surface area contributed by atoms with E-state index >= 15 is 0 Å². The molecule has 0 radical (unpaired) electrons. The summed E-state index contributed by atoms with van der Waals surface area (Å²) in [7, 11) is 0. The van der Waals surface area contributed by atoms with Crippen molar-refractivity contribution < 1.29 is 28.6 Å². The van der Waals surface area contributed by atoms with E-state index in [4.69, 9.17) is 14.2 Å². The normalized spacial score (nSPS) is 21.2. The minimum atomic E-state index is -0.834. The molecule has 3 amide bonds. The number of piperidine rings is 1. The molecule has 2 N–H and O–H groups in total. The first kappa shape index (κ1) is 38.1. The number of hydrogen-bond donors (Lipinski definition) is 2. The molecule has 2 atom stereocenters. The van der Waals surface area contributed by atoms with Gasteiger partial charge in [-0.2, -0.15) is 0 Å². The van der Waals surface area contributed by atoms with Crippen molar-refractivity contribution >= 4 is 17.9 Å². The van der Waals surface area contributed by atoms with Crippen LogP contribution in [0.25, 0.3) is 0 Å². The highest BCUT2D eigenvalue weighted by molar-refractivity contribution is 5.82. The average Bonchev–Trinajstić information content (AvgIpc) is 2.98. The van der Waals surface area contributed by atoms with Crippen molar-refractivity contribution in [1.82, 2.24) is 15.5 Å². The van der Waals surface area contributed by atoms with Gasteiger partial charge in [0.25, 0.3) is 0 Å². The zero-order valence-electron chi connectivity index (χ0n) is 28.6. The zero-order valence-corrected chi connectivity index (χ0v) is 28.6. The van der Waals surface area contributed by atoms with Crippen LogP contribution >= 0.6 is 0 Å². The predicted molar refractivity (Wildman–Crippen MR) is 175 cm³/mol. The third-order valence-electron chi connectivity index (χ3n) is 8.45. The second kappa shape index (κ2) is 20.8. The standard InChI is InChI=1S/C35H63N3O6/c1-6-7-8-9-10-11-12-13-14-15-16-17-18-19-20-24-37-33(41)38-26-21-22-29(27-38)43-30(39)23-25-36-32(40)31-34(2,3)28-42-35(4,5)44-31/h13-14,29,31H,6-12,15-28H2,1-5H3,(H,36,40)(H,37,41). The van der Waals surface area contributed by atoms with Crippen LogP contribution in [0.1, 0.15) is 137 Å². The number of carbonyl (C=O) groups is 3. The van der Waals surface area contributed by atoms with Gasteiger partial charge < -0.3 is 29.7 Å². The maximum Gasteiger partial charge on any atom is 0.317 e. The van der Waals surface area contributed by atoms with Crippen molar-refractivity contribution in [2.24, 2.45) is 5.41 Å². The molecule has 254 valence electrons. The largest absolute Gasteiger partial charge is 0.460 e. The Hall–Kier alpha value is -2.13. The van der Waals surface area contributed by atoms with Crippen LogP contribution in [0.15, 0.2) is 12.2 Å². The van der Waals surface area contributed by atoms with Crippen molar-refractivity contribution in [2.75, 3.05) is 32.8 Å². The molecule has 0 saturated carbocycles. The predicted octanol–water partition coefficient (Wildman–Crippen LogP) is 7.04. The number of rotatable bonds is 20. The van der Waals surface area contributed by atoms with E-state index in [1.165, 1.54) is 70.6 Å². The molecule has 2 saturated heterocycles. The van der Waals surface area contributed by atoms with Crippen LogP contribution in [-0.4, -0.2) is 73.6 Å². The third kappa shape index (κ3) is 15.7. The average molecular weight is 622 g/mol. The number of esters is 1. The molecule has 9 heteroatoms. The first-order valence-electron chi connectivity index (χ1n) is 17.5. The Morgan fingerprint density at radius 2 is 1.50 bits per heavy atom. The summed E-state index contributed by atoms with van der Waals surface area (Å²) in [5, 5.41) is 5.84. The van der Waals surface area contributed by atoms with Crippen LogP contribution in [0.3, 0.4) is 0 Å². The van der Waals surface area contributed by atoms with Gasteiger partial charge in [-0.05, 0) is 58.8 Å². The van der Waals surface area contributed by atoms with Crippen LogP contribution in [0, 0.1) is 5.41 Å². The van der Waals surface area contributed by atoms with Crippen molar-refractivity contribution in [1.29, 1.82) is 0 Å². The van der Waals surface area contributed by atoms with E-state index in [2.05, 4.69) is 29.7 Å². The van der Waals surface area contributed by atoms with Crippen LogP contribution in [0.5, 0.6) is 0 Å². The van der Waals surface area contributed by atoms with Gasteiger partial charge in [0.1, 0.15) is 12.2 Å². The summed E-state index contributed by atoms with van der Waals surface area (Å²) in [5.74, 6) is -1.47. The number of carbonyl (C=O) groups excluding carboxylic acids is 3. The Labute approximate surface area is 267 Å². The maximum absolute atomic E-state index is 12.7. The van der Waals surface area contributed by atoms with Gasteiger partial charge in [-0.15, -0.1) is 0 Å². The number of ether oxygens (including phenoxy) is 3. The molecule has 9 nitrogen and oxygen atoms in total. The summed E-state index contributed by atoms with van der Waals surface area (Å²) in [6.45, 7) is 12.0. The van der Waals surface area contributed by atoms with Crippen LogP contribution in [-0.2, 0) is 23.8 Å². The lowest BCUT2D eigenvalue weighted by Crippen LogP contribution is -2.56. The second-order valence-corrected chi connectivity index (χ2v) is 13.7. The van der Waals surface area contributed by atoms with Gasteiger partial charge in [0.05, 0.1) is 19.6 Å². The lowest BCUT2D eigenvalue weighted by Gasteiger charge is -2.44. The lowest BCUT2D eigenvalue weighted by molar-refractivity contribution is -0.304. The molecule has 0 bridgehead atoms. The molecule has 0 aromatic rings. The number of unbranched alkanes of at least 4 members (excludes halogenated alkanes) is 11. The SMILES string of the molecule is CCCCCCCCC=CCCCCCCCNC(=O)N1CCCC(OC(=O)CCNC(=O)C2OC(C)(C)OCC2(C)C)C1. The fourth-order valence-electron chi connectivity index (χ4n) is 5.67. The summed E-state index contributed by atoms with van der Waals surface area (Å²) in [6.07, 6.45) is 21.6. The monoisotopic (exact) mass is 621 g/mol. The van der Waals surface area contributed by atoms with E-state index in [-0.39, 0.29) is 37.0 Å². The summed E-state index contributed by atoms with van der Waals surface area (Å²) >= 11 is 0. The molecule has 0 spiro atoms. The molecule has 2 rings (SSSR count). The Kier molecular flexibility index (Phi) is 18.0. The van der Waals surface area contributed by atoms with Gasteiger partial charge >= 0.3 is 12.0 Å². The van der Waals surface area contributed by atoms with E-state index in [9.17, 15) is 14.4 Å². The van der Waals surface area contributed by atoms with E-state index in [0.717, 1.165) is 25.7 Å². The molecule has 0 aromatic heterocycles. The number of nitrogens with one attached hydrogen (secondary N) is 2. The molecule has 2 aliphatic heterocycles. The number of allylic oxidation sites excluding steroid dienone is 2. The summed E-state index contributed by atoms with van der Waals surface area (Å²) in [4.78, 5) is 39.6. The van der Waals surface area contributed by atoms with Crippen LogP contribution in [0.2, 0.25) is 0 Å². The second-order valence-electron chi connectivity index (χ2n) is 13.7. The van der Waals surface area contributed by atoms with Crippen molar-refractivity contribution in [3.8, 4) is 0 Å². The highest BCUT2D eigenvalue weighted by atomic mass is 16.7. The first-order chi connectivity index (χ1) is 21.0. The Morgan fingerprint density at radius 3 is 2.18 bits per heavy atom.